The van der Waals surface area contributed by atoms with Gasteiger partial charge in [0.25, 0.3) is 0 Å². The summed E-state index contributed by atoms with van der Waals surface area (Å²) < 4.78 is 58.8. The van der Waals surface area contributed by atoms with Crippen LogP contribution in [0.2, 0.25) is 0 Å². The number of alkyl halides is 4. The molecule has 2 atom stereocenters. The van der Waals surface area contributed by atoms with Crippen molar-refractivity contribution in [3.8, 4) is 0 Å². The lowest BCUT2D eigenvalue weighted by molar-refractivity contribution is -0.142. The lowest BCUT2D eigenvalue weighted by Crippen LogP contribution is -2.27. The van der Waals surface area contributed by atoms with Gasteiger partial charge in [0.15, 0.2) is 18.1 Å². The molecule has 1 aliphatic heterocycles. The van der Waals surface area contributed by atoms with Gasteiger partial charge in [-0.05, 0) is 25.7 Å². The fourth-order valence-electron chi connectivity index (χ4n) is 2.71. The molecule has 110 valence electrons. The van der Waals surface area contributed by atoms with Crippen LogP contribution in [-0.2, 0) is 17.3 Å². The van der Waals surface area contributed by atoms with E-state index >= 15 is 0 Å². The second-order valence-corrected chi connectivity index (χ2v) is 4.95. The molecule has 1 aromatic heterocycles. The summed E-state index contributed by atoms with van der Waals surface area (Å²) in [5.41, 5.74) is -1.77. The molecule has 2 aliphatic rings. The molecule has 3 rings (SSSR count). The second kappa shape index (κ2) is 4.54. The van der Waals surface area contributed by atoms with Crippen molar-refractivity contribution >= 4 is 5.78 Å². The van der Waals surface area contributed by atoms with Gasteiger partial charge in [-0.25, -0.2) is 9.07 Å². The Labute approximate surface area is 111 Å². The average Bonchev–Trinajstić information content (AvgIpc) is 2.99. The minimum Gasteiger partial charge on any atom is -0.357 e. The quantitative estimate of drug-likeness (QED) is 0.747. The van der Waals surface area contributed by atoms with E-state index in [2.05, 4.69) is 5.10 Å². The zero-order valence-electron chi connectivity index (χ0n) is 10.4. The van der Waals surface area contributed by atoms with Gasteiger partial charge in [-0.15, -0.1) is 0 Å². The van der Waals surface area contributed by atoms with E-state index in [1.54, 1.807) is 0 Å². The van der Waals surface area contributed by atoms with Crippen LogP contribution in [0.1, 0.15) is 47.2 Å². The molecule has 0 bridgehead atoms. The van der Waals surface area contributed by atoms with Crippen LogP contribution >= 0.6 is 0 Å². The lowest BCUT2D eigenvalue weighted by Gasteiger charge is -2.19. The number of Topliss-reactive ketones (excluding diaryl/α,β-unsaturated/α-hetero) is 1. The highest BCUT2D eigenvalue weighted by molar-refractivity contribution is 6.02. The molecule has 0 aromatic carbocycles. The number of rotatable bonds is 1. The number of nitrogens with zero attached hydrogens (tertiary/aromatic N) is 2. The zero-order chi connectivity index (χ0) is 14.5. The first-order valence-electron chi connectivity index (χ1n) is 6.38. The number of hydrogen-bond acceptors (Lipinski definition) is 3. The number of aromatic nitrogens is 2. The summed E-state index contributed by atoms with van der Waals surface area (Å²) in [6.07, 6.45) is -6.04. The molecule has 0 amide bonds. The summed E-state index contributed by atoms with van der Waals surface area (Å²) >= 11 is 0. The minimum atomic E-state index is -4.78. The van der Waals surface area contributed by atoms with E-state index in [-0.39, 0.29) is 18.5 Å². The minimum absolute atomic E-state index is 0.0607. The van der Waals surface area contributed by atoms with E-state index in [1.165, 1.54) is 0 Å². The van der Waals surface area contributed by atoms with E-state index in [0.29, 0.717) is 13.0 Å². The molecule has 0 radical (unpaired) electrons. The Hall–Kier alpha value is -1.44. The van der Waals surface area contributed by atoms with Gasteiger partial charge in [0.2, 0.25) is 5.78 Å². The number of fused-ring (bicyclic) bond motifs is 1. The van der Waals surface area contributed by atoms with Crippen molar-refractivity contribution in [1.82, 2.24) is 9.78 Å². The fourth-order valence-corrected chi connectivity index (χ4v) is 2.71. The van der Waals surface area contributed by atoms with Crippen molar-refractivity contribution < 1.29 is 27.1 Å². The average molecular weight is 292 g/mol. The van der Waals surface area contributed by atoms with E-state index < -0.39 is 35.6 Å². The van der Waals surface area contributed by atoms with Crippen molar-refractivity contribution in [2.45, 2.75) is 44.3 Å². The summed E-state index contributed by atoms with van der Waals surface area (Å²) in [5.74, 6) is -1.12. The normalized spacial score (nSPS) is 26.9. The molecule has 0 spiro atoms. The first kappa shape index (κ1) is 13.5. The number of halogens is 4. The Morgan fingerprint density at radius 1 is 1.30 bits per heavy atom. The molecule has 4 nitrogen and oxygen atoms in total. The molecule has 2 unspecified atom stereocenters. The molecule has 1 saturated heterocycles. The molecular weight excluding hydrogens is 280 g/mol. The molecule has 8 heteroatoms. The van der Waals surface area contributed by atoms with Gasteiger partial charge in [0, 0.05) is 6.61 Å². The predicted octanol–water partition coefficient (Wildman–Crippen LogP) is 2.68. The number of carbonyl (C=O) groups is 1. The van der Waals surface area contributed by atoms with Gasteiger partial charge in [-0.1, -0.05) is 0 Å². The van der Waals surface area contributed by atoms with Crippen LogP contribution in [0, 0.1) is 0 Å². The zero-order valence-corrected chi connectivity index (χ0v) is 10.4. The Bertz CT molecular complexity index is 546. The topological polar surface area (TPSA) is 44.1 Å². The van der Waals surface area contributed by atoms with Crippen molar-refractivity contribution in [2.24, 2.45) is 0 Å². The maximum absolute atomic E-state index is 13.4. The van der Waals surface area contributed by atoms with Crippen LogP contribution in [0.3, 0.4) is 0 Å². The predicted molar refractivity (Wildman–Crippen MR) is 59.0 cm³/mol. The summed E-state index contributed by atoms with van der Waals surface area (Å²) in [6, 6.07) is 0. The van der Waals surface area contributed by atoms with Gasteiger partial charge >= 0.3 is 6.18 Å². The first-order chi connectivity index (χ1) is 9.39. The number of carbonyl (C=O) groups excluding carboxylic acids is 1. The van der Waals surface area contributed by atoms with Crippen LogP contribution in [0.4, 0.5) is 17.6 Å². The van der Waals surface area contributed by atoms with Crippen molar-refractivity contribution in [2.75, 3.05) is 6.61 Å². The molecule has 1 fully saturated rings. The maximum atomic E-state index is 13.4. The SMILES string of the molecule is O=C1c2c(C(F)(F)F)nn(C3CCCO3)c2CCC1F. The van der Waals surface area contributed by atoms with E-state index in [0.717, 1.165) is 11.1 Å². The van der Waals surface area contributed by atoms with Crippen molar-refractivity contribution in [3.63, 3.8) is 0 Å². The summed E-state index contributed by atoms with van der Waals surface area (Å²) in [7, 11) is 0. The molecule has 0 N–H and O–H groups in total. The van der Waals surface area contributed by atoms with Crippen molar-refractivity contribution in [3.05, 3.63) is 17.0 Å². The van der Waals surface area contributed by atoms with E-state index in [4.69, 9.17) is 4.74 Å². The number of ketones is 1. The lowest BCUT2D eigenvalue weighted by atomic mass is 9.92. The van der Waals surface area contributed by atoms with E-state index in [1.807, 2.05) is 0 Å². The maximum Gasteiger partial charge on any atom is 0.435 e. The molecule has 1 aromatic rings. The smallest absolute Gasteiger partial charge is 0.357 e. The van der Waals surface area contributed by atoms with Crippen LogP contribution in [0.15, 0.2) is 0 Å². The van der Waals surface area contributed by atoms with Gasteiger partial charge in [-0.2, -0.15) is 18.3 Å². The second-order valence-electron chi connectivity index (χ2n) is 4.95. The molecular formula is C12H12F4N2O2. The van der Waals surface area contributed by atoms with Gasteiger partial charge in [0.1, 0.15) is 0 Å². The van der Waals surface area contributed by atoms with Gasteiger partial charge < -0.3 is 4.74 Å². The Kier molecular flexibility index (Phi) is 3.07. The van der Waals surface area contributed by atoms with Crippen LogP contribution in [-0.4, -0.2) is 28.3 Å². The highest BCUT2D eigenvalue weighted by atomic mass is 19.4. The molecule has 20 heavy (non-hydrogen) atoms. The molecule has 1 aliphatic carbocycles. The third-order valence-electron chi connectivity index (χ3n) is 3.62. The molecule has 0 saturated carbocycles. The third-order valence-corrected chi connectivity index (χ3v) is 3.62. The third kappa shape index (κ3) is 2.02. The monoisotopic (exact) mass is 292 g/mol. The van der Waals surface area contributed by atoms with Crippen LogP contribution < -0.4 is 0 Å². The number of ether oxygens (including phenoxy) is 1. The van der Waals surface area contributed by atoms with Gasteiger partial charge in [0.05, 0.1) is 11.3 Å². The Morgan fingerprint density at radius 2 is 2.05 bits per heavy atom. The van der Waals surface area contributed by atoms with Crippen molar-refractivity contribution in [1.29, 1.82) is 0 Å². The van der Waals surface area contributed by atoms with Gasteiger partial charge in [-0.3, -0.25) is 4.79 Å². The first-order valence-corrected chi connectivity index (χ1v) is 6.38. The summed E-state index contributed by atoms with van der Waals surface area (Å²) in [4.78, 5) is 11.7. The standard InChI is InChI=1S/C12H12F4N2O2/c13-6-3-4-7-9(10(6)19)11(12(14,15)16)17-18(7)8-2-1-5-20-8/h6,8H,1-5H2. The molecule has 2 heterocycles. The van der Waals surface area contributed by atoms with Crippen LogP contribution in [0.25, 0.3) is 0 Å². The highest BCUT2D eigenvalue weighted by Gasteiger charge is 2.45. The highest BCUT2D eigenvalue weighted by Crippen LogP contribution is 2.38. The Balaban J connectivity index is 2.14. The summed E-state index contributed by atoms with van der Waals surface area (Å²) in [6.45, 7) is 0.445. The fraction of sp³-hybridized carbons (Fsp3) is 0.667. The van der Waals surface area contributed by atoms with Crippen LogP contribution in [0.5, 0.6) is 0 Å². The number of hydrogen-bond donors (Lipinski definition) is 0. The summed E-state index contributed by atoms with van der Waals surface area (Å²) in [5, 5.41) is 3.51. The van der Waals surface area contributed by atoms with E-state index in [9.17, 15) is 22.4 Å². The Morgan fingerprint density at radius 3 is 2.65 bits per heavy atom. The largest absolute Gasteiger partial charge is 0.435 e.